The van der Waals surface area contributed by atoms with Crippen LogP contribution in [0.4, 0.5) is 9.59 Å². The van der Waals surface area contributed by atoms with Crippen molar-refractivity contribution in [3.63, 3.8) is 0 Å². The van der Waals surface area contributed by atoms with E-state index in [4.69, 9.17) is 9.47 Å². The van der Waals surface area contributed by atoms with Crippen molar-refractivity contribution >= 4 is 12.2 Å². The van der Waals surface area contributed by atoms with Gasteiger partial charge in [-0.1, -0.05) is 37.5 Å². The standard InChI is InChI=1S/C15H19NO5/c1-6-12(7-2)10-19-14(17)16-21-15(18)20-13(8-3)9-11(4)5/h6-9H,1,3-4,10H2,2,5H3,(H,16,17)/b12-7+,13-9?. The summed E-state index contributed by atoms with van der Waals surface area (Å²) < 4.78 is 9.51. The molecular formula is C15H19NO5. The molecule has 0 heterocycles. The molecule has 0 atom stereocenters. The van der Waals surface area contributed by atoms with Crippen molar-refractivity contribution in [3.05, 3.63) is 60.9 Å². The number of amides is 1. The van der Waals surface area contributed by atoms with Gasteiger partial charge in [-0.25, -0.2) is 9.59 Å². The van der Waals surface area contributed by atoms with Crippen molar-refractivity contribution in [1.29, 1.82) is 0 Å². The number of hydroxylamine groups is 1. The Morgan fingerprint density at radius 2 is 1.90 bits per heavy atom. The lowest BCUT2D eigenvalue weighted by Gasteiger charge is -2.08. The van der Waals surface area contributed by atoms with E-state index in [2.05, 4.69) is 24.6 Å². The summed E-state index contributed by atoms with van der Waals surface area (Å²) in [6, 6.07) is 0. The van der Waals surface area contributed by atoms with Crippen LogP contribution < -0.4 is 5.48 Å². The maximum absolute atomic E-state index is 11.3. The first-order valence-electron chi connectivity index (χ1n) is 6.01. The summed E-state index contributed by atoms with van der Waals surface area (Å²) in [6.45, 7) is 14.1. The first kappa shape index (κ1) is 18.2. The second kappa shape index (κ2) is 10.1. The van der Waals surface area contributed by atoms with E-state index < -0.39 is 12.2 Å². The Labute approximate surface area is 124 Å². The van der Waals surface area contributed by atoms with Crippen LogP contribution in [0.1, 0.15) is 13.8 Å². The predicted octanol–water partition coefficient (Wildman–Crippen LogP) is 3.56. The first-order valence-corrected chi connectivity index (χ1v) is 6.01. The summed E-state index contributed by atoms with van der Waals surface area (Å²) >= 11 is 0. The number of carbonyl (C=O) groups is 2. The number of carbonyl (C=O) groups excluding carboxylic acids is 2. The third-order valence-electron chi connectivity index (χ3n) is 2.01. The molecule has 0 spiro atoms. The van der Waals surface area contributed by atoms with Gasteiger partial charge in [0.05, 0.1) is 0 Å². The lowest BCUT2D eigenvalue weighted by Crippen LogP contribution is -2.28. The smallest absolute Gasteiger partial charge is 0.443 e. The zero-order chi connectivity index (χ0) is 16.3. The van der Waals surface area contributed by atoms with Crippen LogP contribution in [0.2, 0.25) is 0 Å². The highest BCUT2D eigenvalue weighted by Crippen LogP contribution is 2.04. The Hall–Kier alpha value is -2.76. The molecule has 0 rings (SSSR count). The maximum Gasteiger partial charge on any atom is 0.539 e. The summed E-state index contributed by atoms with van der Waals surface area (Å²) in [5.74, 6) is 0.144. The van der Waals surface area contributed by atoms with E-state index >= 15 is 0 Å². The van der Waals surface area contributed by atoms with Crippen molar-refractivity contribution in [3.8, 4) is 0 Å². The normalized spacial score (nSPS) is 11.1. The van der Waals surface area contributed by atoms with Gasteiger partial charge in [0.1, 0.15) is 12.4 Å². The van der Waals surface area contributed by atoms with Crippen LogP contribution in [0.5, 0.6) is 0 Å². The fourth-order valence-corrected chi connectivity index (χ4v) is 1.01. The Bertz CT molecular complexity index is 488. The molecule has 0 aromatic rings. The number of rotatable bonds is 6. The highest BCUT2D eigenvalue weighted by Gasteiger charge is 2.10. The molecule has 0 unspecified atom stereocenters. The van der Waals surface area contributed by atoms with Gasteiger partial charge in [-0.05, 0) is 31.6 Å². The van der Waals surface area contributed by atoms with E-state index in [9.17, 15) is 9.59 Å². The molecule has 0 aromatic carbocycles. The summed E-state index contributed by atoms with van der Waals surface area (Å²) in [5, 5.41) is 0. The molecule has 0 saturated carbocycles. The van der Waals surface area contributed by atoms with Crippen molar-refractivity contribution in [2.45, 2.75) is 13.8 Å². The van der Waals surface area contributed by atoms with E-state index in [0.717, 1.165) is 0 Å². The van der Waals surface area contributed by atoms with Crippen molar-refractivity contribution in [2.75, 3.05) is 6.61 Å². The third-order valence-corrected chi connectivity index (χ3v) is 2.01. The van der Waals surface area contributed by atoms with Crippen LogP contribution in [0.25, 0.3) is 0 Å². The average molecular weight is 293 g/mol. The highest BCUT2D eigenvalue weighted by atomic mass is 16.8. The molecular weight excluding hydrogens is 274 g/mol. The van der Waals surface area contributed by atoms with Crippen molar-refractivity contribution < 1.29 is 23.9 Å². The molecule has 0 aliphatic rings. The number of hydrogen-bond donors (Lipinski definition) is 1. The van der Waals surface area contributed by atoms with Crippen LogP contribution in [-0.4, -0.2) is 18.9 Å². The van der Waals surface area contributed by atoms with E-state index in [0.29, 0.717) is 11.1 Å². The zero-order valence-electron chi connectivity index (χ0n) is 12.2. The van der Waals surface area contributed by atoms with Crippen LogP contribution in [-0.2, 0) is 14.3 Å². The minimum absolute atomic E-state index is 0.0116. The largest absolute Gasteiger partial charge is 0.539 e. The minimum atomic E-state index is -1.13. The Morgan fingerprint density at radius 3 is 2.38 bits per heavy atom. The second-order valence-corrected chi connectivity index (χ2v) is 3.80. The molecule has 0 fully saturated rings. The van der Waals surface area contributed by atoms with Gasteiger partial charge in [0.2, 0.25) is 0 Å². The van der Waals surface area contributed by atoms with Crippen molar-refractivity contribution in [1.82, 2.24) is 5.48 Å². The van der Waals surface area contributed by atoms with Gasteiger partial charge >= 0.3 is 12.2 Å². The summed E-state index contributed by atoms with van der Waals surface area (Å²) in [6.07, 6.45) is 3.99. The van der Waals surface area contributed by atoms with Crippen molar-refractivity contribution in [2.24, 2.45) is 0 Å². The van der Waals surface area contributed by atoms with Gasteiger partial charge in [0.25, 0.3) is 0 Å². The number of hydrogen-bond acceptors (Lipinski definition) is 5. The summed E-state index contributed by atoms with van der Waals surface area (Å²) in [4.78, 5) is 26.9. The Morgan fingerprint density at radius 1 is 1.24 bits per heavy atom. The van der Waals surface area contributed by atoms with Gasteiger partial charge in [0.15, 0.2) is 0 Å². The van der Waals surface area contributed by atoms with E-state index in [1.807, 2.05) is 0 Å². The first-order chi connectivity index (χ1) is 9.92. The van der Waals surface area contributed by atoms with E-state index in [1.54, 1.807) is 31.5 Å². The Kier molecular flexibility index (Phi) is 8.75. The monoisotopic (exact) mass is 293 g/mol. The van der Waals surface area contributed by atoms with Gasteiger partial charge in [-0.3, -0.25) is 0 Å². The average Bonchev–Trinajstić information content (AvgIpc) is 2.44. The number of allylic oxidation sites excluding steroid dienone is 4. The number of nitrogens with one attached hydrogen (secondary N) is 1. The lowest BCUT2D eigenvalue weighted by atomic mass is 10.3. The Balaban J connectivity index is 4.19. The minimum Gasteiger partial charge on any atom is -0.443 e. The molecule has 21 heavy (non-hydrogen) atoms. The lowest BCUT2D eigenvalue weighted by molar-refractivity contribution is 0.0288. The van der Waals surface area contributed by atoms with Crippen LogP contribution >= 0.6 is 0 Å². The number of ether oxygens (including phenoxy) is 2. The predicted molar refractivity (Wildman–Crippen MR) is 79.1 cm³/mol. The third kappa shape index (κ3) is 8.88. The van der Waals surface area contributed by atoms with E-state index in [-0.39, 0.29) is 12.4 Å². The van der Waals surface area contributed by atoms with Gasteiger partial charge in [-0.2, -0.15) is 0 Å². The molecule has 0 aliphatic carbocycles. The van der Waals surface area contributed by atoms with Gasteiger partial charge in [-0.15, -0.1) is 5.48 Å². The summed E-state index contributed by atoms with van der Waals surface area (Å²) in [5.41, 5.74) is 3.16. The van der Waals surface area contributed by atoms with Crippen LogP contribution in [0.15, 0.2) is 60.9 Å². The molecule has 114 valence electrons. The molecule has 0 saturated heterocycles. The second-order valence-electron chi connectivity index (χ2n) is 3.80. The molecule has 0 aliphatic heterocycles. The van der Waals surface area contributed by atoms with Crippen LogP contribution in [0, 0.1) is 0 Å². The molecule has 6 heteroatoms. The molecule has 0 radical (unpaired) electrons. The van der Waals surface area contributed by atoms with E-state index in [1.165, 1.54) is 12.2 Å². The molecule has 0 aromatic heterocycles. The highest BCUT2D eigenvalue weighted by molar-refractivity contribution is 5.69. The fraction of sp³-hybridized carbons (Fsp3) is 0.200. The summed E-state index contributed by atoms with van der Waals surface area (Å²) in [7, 11) is 0. The topological polar surface area (TPSA) is 73.9 Å². The fourth-order valence-electron chi connectivity index (χ4n) is 1.01. The molecule has 6 nitrogen and oxygen atoms in total. The quantitative estimate of drug-likeness (QED) is 0.351. The SMILES string of the molecule is C=CC(=CC(=C)C)OC(=O)ONC(=O)OC/C(C=C)=C/C. The van der Waals surface area contributed by atoms with Gasteiger partial charge in [0, 0.05) is 0 Å². The molecule has 0 bridgehead atoms. The zero-order valence-corrected chi connectivity index (χ0v) is 12.2. The van der Waals surface area contributed by atoms with Gasteiger partial charge < -0.3 is 14.3 Å². The van der Waals surface area contributed by atoms with Crippen LogP contribution in [0.3, 0.4) is 0 Å². The molecule has 1 amide bonds. The molecule has 1 N–H and O–H groups in total. The maximum atomic E-state index is 11.3.